The molecule has 0 aliphatic rings. The molecule has 1 atom stereocenters. The molecule has 0 saturated carbocycles. The fourth-order valence-electron chi connectivity index (χ4n) is 1.92. The monoisotopic (exact) mass is 245 g/mol. The number of imidazole rings is 1. The summed E-state index contributed by atoms with van der Waals surface area (Å²) >= 11 is 0. The van der Waals surface area contributed by atoms with Crippen LogP contribution in [-0.2, 0) is 4.79 Å². The van der Waals surface area contributed by atoms with Gasteiger partial charge in [0.2, 0.25) is 5.91 Å². The Hall–Kier alpha value is -1.84. The quantitative estimate of drug-likeness (QED) is 0.870. The lowest BCUT2D eigenvalue weighted by molar-refractivity contribution is -0.122. The Labute approximate surface area is 107 Å². The lowest BCUT2D eigenvalue weighted by Crippen LogP contribution is -2.28. The number of carbonyl (C=O) groups excluding carboxylic acids is 1. The molecule has 0 unspecified atom stereocenters. The molecule has 2 rings (SSSR count). The lowest BCUT2D eigenvalue weighted by atomic mass is 10.1. The maximum absolute atomic E-state index is 11.7. The van der Waals surface area contributed by atoms with Gasteiger partial charge < -0.3 is 10.3 Å². The number of fused-ring (bicyclic) bond motifs is 1. The molecule has 4 nitrogen and oxygen atoms in total. The molecule has 4 heteroatoms. The Morgan fingerprint density at radius 1 is 1.33 bits per heavy atom. The van der Waals surface area contributed by atoms with Crippen molar-refractivity contribution in [2.75, 3.05) is 0 Å². The Balaban J connectivity index is 2.08. The summed E-state index contributed by atoms with van der Waals surface area (Å²) in [5, 5.41) is 2.96. The second-order valence-electron chi connectivity index (χ2n) is 5.03. The topological polar surface area (TPSA) is 57.8 Å². The zero-order chi connectivity index (χ0) is 13.1. The number of H-pyrrole nitrogens is 1. The maximum Gasteiger partial charge on any atom is 0.220 e. The molecular weight excluding hydrogens is 226 g/mol. The van der Waals surface area contributed by atoms with E-state index in [1.165, 1.54) is 0 Å². The van der Waals surface area contributed by atoms with Crippen molar-refractivity contribution in [1.82, 2.24) is 15.3 Å². The third kappa shape index (κ3) is 2.88. The van der Waals surface area contributed by atoms with E-state index >= 15 is 0 Å². The molecule has 0 saturated heterocycles. The van der Waals surface area contributed by atoms with Crippen molar-refractivity contribution in [2.24, 2.45) is 5.92 Å². The molecule has 18 heavy (non-hydrogen) atoms. The van der Waals surface area contributed by atoms with Crippen molar-refractivity contribution in [3.63, 3.8) is 0 Å². The number of carbonyl (C=O) groups is 1. The van der Waals surface area contributed by atoms with Crippen LogP contribution in [0, 0.1) is 5.92 Å². The third-order valence-electron chi connectivity index (χ3n) is 2.79. The average Bonchev–Trinajstić information content (AvgIpc) is 2.71. The van der Waals surface area contributed by atoms with E-state index < -0.39 is 0 Å². The molecule has 2 aromatic rings. The van der Waals surface area contributed by atoms with Gasteiger partial charge in [0.1, 0.15) is 5.82 Å². The SMILES string of the molecule is CC(C)CC(=O)N[C@@H](C)c1nc2ccccc2[nH]1. The van der Waals surface area contributed by atoms with Gasteiger partial charge in [-0.1, -0.05) is 26.0 Å². The number of nitrogens with zero attached hydrogens (tertiary/aromatic N) is 1. The van der Waals surface area contributed by atoms with Gasteiger partial charge in [-0.3, -0.25) is 4.79 Å². The number of nitrogens with one attached hydrogen (secondary N) is 2. The summed E-state index contributed by atoms with van der Waals surface area (Å²) in [5.74, 6) is 1.24. The molecule has 96 valence electrons. The van der Waals surface area contributed by atoms with Gasteiger partial charge in [-0.2, -0.15) is 0 Å². The van der Waals surface area contributed by atoms with E-state index in [0.717, 1.165) is 16.9 Å². The Bertz CT molecular complexity index is 512. The second kappa shape index (κ2) is 5.21. The molecule has 1 aromatic carbocycles. The molecule has 0 aliphatic heterocycles. The van der Waals surface area contributed by atoms with Crippen molar-refractivity contribution < 1.29 is 4.79 Å². The van der Waals surface area contributed by atoms with Crippen LogP contribution >= 0.6 is 0 Å². The highest BCUT2D eigenvalue weighted by Crippen LogP contribution is 2.15. The average molecular weight is 245 g/mol. The van der Waals surface area contributed by atoms with Crippen LogP contribution < -0.4 is 5.32 Å². The summed E-state index contributed by atoms with van der Waals surface area (Å²) in [6, 6.07) is 7.76. The number of aromatic nitrogens is 2. The van der Waals surface area contributed by atoms with Gasteiger partial charge in [0.25, 0.3) is 0 Å². The van der Waals surface area contributed by atoms with E-state index in [-0.39, 0.29) is 11.9 Å². The predicted octanol–water partition coefficient (Wildman–Crippen LogP) is 2.79. The van der Waals surface area contributed by atoms with Crippen LogP contribution in [0.3, 0.4) is 0 Å². The molecule has 1 amide bonds. The predicted molar refractivity (Wildman–Crippen MR) is 72.1 cm³/mol. The van der Waals surface area contributed by atoms with Gasteiger partial charge in [0.05, 0.1) is 17.1 Å². The van der Waals surface area contributed by atoms with E-state index in [0.29, 0.717) is 12.3 Å². The number of rotatable bonds is 4. The summed E-state index contributed by atoms with van der Waals surface area (Å²) < 4.78 is 0. The minimum atomic E-state index is -0.0938. The van der Waals surface area contributed by atoms with Crippen LogP contribution in [0.1, 0.15) is 39.1 Å². The summed E-state index contributed by atoms with van der Waals surface area (Å²) in [7, 11) is 0. The highest BCUT2D eigenvalue weighted by molar-refractivity contribution is 5.77. The molecule has 1 aromatic heterocycles. The first kappa shape index (κ1) is 12.6. The standard InChI is InChI=1S/C14H19N3O/c1-9(2)8-13(18)15-10(3)14-16-11-6-4-5-7-12(11)17-14/h4-7,9-10H,8H2,1-3H3,(H,15,18)(H,16,17)/t10-/m0/s1. The van der Waals surface area contributed by atoms with Crippen LogP contribution in [0.5, 0.6) is 0 Å². The highest BCUT2D eigenvalue weighted by Gasteiger charge is 2.13. The van der Waals surface area contributed by atoms with Crippen LogP contribution in [0.4, 0.5) is 0 Å². The summed E-state index contributed by atoms with van der Waals surface area (Å²) in [4.78, 5) is 19.4. The Kier molecular flexibility index (Phi) is 3.65. The fraction of sp³-hybridized carbons (Fsp3) is 0.429. The first-order valence-corrected chi connectivity index (χ1v) is 6.30. The fourth-order valence-corrected chi connectivity index (χ4v) is 1.92. The first-order valence-electron chi connectivity index (χ1n) is 6.30. The van der Waals surface area contributed by atoms with Gasteiger partial charge in [0, 0.05) is 6.42 Å². The number of para-hydroxylation sites is 2. The molecule has 0 aliphatic carbocycles. The minimum Gasteiger partial charge on any atom is -0.346 e. The smallest absolute Gasteiger partial charge is 0.220 e. The van der Waals surface area contributed by atoms with E-state index in [1.807, 2.05) is 45.0 Å². The van der Waals surface area contributed by atoms with Crippen molar-refractivity contribution in [3.05, 3.63) is 30.1 Å². The van der Waals surface area contributed by atoms with Crippen LogP contribution in [0.15, 0.2) is 24.3 Å². The van der Waals surface area contributed by atoms with E-state index in [9.17, 15) is 4.79 Å². The van der Waals surface area contributed by atoms with Crippen molar-refractivity contribution >= 4 is 16.9 Å². The van der Waals surface area contributed by atoms with Crippen molar-refractivity contribution in [3.8, 4) is 0 Å². The minimum absolute atomic E-state index is 0.0676. The summed E-state index contributed by atoms with van der Waals surface area (Å²) in [6.45, 7) is 6.01. The van der Waals surface area contributed by atoms with Gasteiger partial charge in [-0.05, 0) is 25.0 Å². The lowest BCUT2D eigenvalue weighted by Gasteiger charge is -2.12. The van der Waals surface area contributed by atoms with Crippen LogP contribution in [-0.4, -0.2) is 15.9 Å². The number of aromatic amines is 1. The van der Waals surface area contributed by atoms with E-state index in [1.54, 1.807) is 0 Å². The second-order valence-corrected chi connectivity index (χ2v) is 5.03. The zero-order valence-electron chi connectivity index (χ0n) is 11.0. The van der Waals surface area contributed by atoms with Gasteiger partial charge in [-0.15, -0.1) is 0 Å². The first-order chi connectivity index (χ1) is 8.56. The molecule has 0 spiro atoms. The number of benzene rings is 1. The van der Waals surface area contributed by atoms with Gasteiger partial charge in [0.15, 0.2) is 0 Å². The third-order valence-corrected chi connectivity index (χ3v) is 2.79. The molecule has 0 fully saturated rings. The Morgan fingerprint density at radius 2 is 2.06 bits per heavy atom. The largest absolute Gasteiger partial charge is 0.346 e. The van der Waals surface area contributed by atoms with Gasteiger partial charge >= 0.3 is 0 Å². The maximum atomic E-state index is 11.7. The molecular formula is C14H19N3O. The van der Waals surface area contributed by atoms with E-state index in [2.05, 4.69) is 15.3 Å². The molecule has 1 heterocycles. The van der Waals surface area contributed by atoms with E-state index in [4.69, 9.17) is 0 Å². The molecule has 2 N–H and O–H groups in total. The number of amides is 1. The normalized spacial score (nSPS) is 12.9. The van der Waals surface area contributed by atoms with Crippen LogP contribution in [0.25, 0.3) is 11.0 Å². The molecule has 0 radical (unpaired) electrons. The molecule has 0 bridgehead atoms. The summed E-state index contributed by atoms with van der Waals surface area (Å²) in [6.07, 6.45) is 0.546. The Morgan fingerprint density at radius 3 is 2.72 bits per heavy atom. The van der Waals surface area contributed by atoms with Gasteiger partial charge in [-0.25, -0.2) is 4.98 Å². The number of hydrogen-bond donors (Lipinski definition) is 2. The summed E-state index contributed by atoms with van der Waals surface area (Å²) in [5.41, 5.74) is 1.93. The zero-order valence-corrected chi connectivity index (χ0v) is 11.0. The number of hydrogen-bond acceptors (Lipinski definition) is 2. The van der Waals surface area contributed by atoms with Crippen LogP contribution in [0.2, 0.25) is 0 Å². The van der Waals surface area contributed by atoms with Crippen molar-refractivity contribution in [2.45, 2.75) is 33.2 Å². The van der Waals surface area contributed by atoms with Crippen molar-refractivity contribution in [1.29, 1.82) is 0 Å². The highest BCUT2D eigenvalue weighted by atomic mass is 16.1.